The summed E-state index contributed by atoms with van der Waals surface area (Å²) in [6, 6.07) is -0.412. The van der Waals surface area contributed by atoms with E-state index in [1.807, 2.05) is 48.5 Å². The monoisotopic (exact) mass is 254 g/mol. The summed E-state index contributed by atoms with van der Waals surface area (Å²) in [4.78, 5) is 26.8. The van der Waals surface area contributed by atoms with Gasteiger partial charge >= 0.3 is 0 Å². The highest BCUT2D eigenvalue weighted by molar-refractivity contribution is 6.00. The molecular formula is C14H26N2O2. The summed E-state index contributed by atoms with van der Waals surface area (Å²) >= 11 is 0. The number of carbonyl (C=O) groups is 2. The zero-order valence-electron chi connectivity index (χ0n) is 12.6. The van der Waals surface area contributed by atoms with Crippen LogP contribution in [0.1, 0.15) is 54.9 Å². The second kappa shape index (κ2) is 4.56. The van der Waals surface area contributed by atoms with Crippen molar-refractivity contribution in [3.8, 4) is 0 Å². The van der Waals surface area contributed by atoms with Crippen molar-refractivity contribution in [2.45, 2.75) is 72.5 Å². The standard InChI is InChI=1S/C14H26N2O2/c1-8-14(7)12(18)15-10(13(4,5)6)11(17)16(14)9(2)3/h9-10H,8H2,1-7H3,(H,15,18). The summed E-state index contributed by atoms with van der Waals surface area (Å²) in [5.74, 6) is -0.0142. The molecule has 1 heterocycles. The molecule has 0 aliphatic carbocycles. The number of nitrogens with zero attached hydrogens (tertiary/aromatic N) is 1. The number of carbonyl (C=O) groups excluding carboxylic acids is 2. The Morgan fingerprint density at radius 3 is 2.17 bits per heavy atom. The van der Waals surface area contributed by atoms with Crippen LogP contribution in [0.15, 0.2) is 0 Å². The molecule has 1 aliphatic rings. The molecule has 2 atom stereocenters. The third kappa shape index (κ3) is 2.25. The van der Waals surface area contributed by atoms with E-state index in [0.717, 1.165) is 0 Å². The number of piperazine rings is 1. The lowest BCUT2D eigenvalue weighted by Gasteiger charge is -2.50. The molecule has 0 aromatic carbocycles. The van der Waals surface area contributed by atoms with E-state index in [9.17, 15) is 9.59 Å². The molecule has 2 amide bonds. The summed E-state index contributed by atoms with van der Waals surface area (Å²) in [7, 11) is 0. The Kier molecular flexibility index (Phi) is 3.80. The van der Waals surface area contributed by atoms with Gasteiger partial charge in [-0.3, -0.25) is 9.59 Å². The molecule has 1 aliphatic heterocycles. The van der Waals surface area contributed by atoms with Gasteiger partial charge in [0.25, 0.3) is 0 Å². The van der Waals surface area contributed by atoms with Gasteiger partial charge in [-0.05, 0) is 32.6 Å². The Morgan fingerprint density at radius 2 is 1.83 bits per heavy atom. The lowest BCUT2D eigenvalue weighted by atomic mass is 9.80. The molecule has 1 fully saturated rings. The normalized spacial score (nSPS) is 29.8. The smallest absolute Gasteiger partial charge is 0.246 e. The fraction of sp³-hybridized carbons (Fsp3) is 0.857. The van der Waals surface area contributed by atoms with E-state index in [-0.39, 0.29) is 23.3 Å². The van der Waals surface area contributed by atoms with Gasteiger partial charge in [-0.25, -0.2) is 0 Å². The second-order valence-corrected chi connectivity index (χ2v) is 6.70. The highest BCUT2D eigenvalue weighted by Crippen LogP contribution is 2.32. The molecule has 104 valence electrons. The van der Waals surface area contributed by atoms with Crippen LogP contribution in [-0.4, -0.2) is 34.3 Å². The van der Waals surface area contributed by atoms with E-state index in [0.29, 0.717) is 6.42 Å². The molecule has 0 bridgehead atoms. The average Bonchev–Trinajstić information content (AvgIpc) is 2.21. The highest BCUT2D eigenvalue weighted by atomic mass is 16.2. The van der Waals surface area contributed by atoms with Gasteiger partial charge in [-0.2, -0.15) is 0 Å². The average molecular weight is 254 g/mol. The maximum Gasteiger partial charge on any atom is 0.246 e. The van der Waals surface area contributed by atoms with Crippen molar-refractivity contribution < 1.29 is 9.59 Å². The first kappa shape index (κ1) is 15.0. The Balaban J connectivity index is 3.22. The molecule has 18 heavy (non-hydrogen) atoms. The summed E-state index contributed by atoms with van der Waals surface area (Å²) < 4.78 is 0. The van der Waals surface area contributed by atoms with Gasteiger partial charge in [-0.1, -0.05) is 27.7 Å². The Morgan fingerprint density at radius 1 is 1.33 bits per heavy atom. The van der Waals surface area contributed by atoms with E-state index < -0.39 is 11.6 Å². The Hall–Kier alpha value is -1.06. The summed E-state index contributed by atoms with van der Waals surface area (Å²) in [5, 5.41) is 2.90. The first-order valence-electron chi connectivity index (χ1n) is 6.70. The van der Waals surface area contributed by atoms with Crippen molar-refractivity contribution in [2.75, 3.05) is 0 Å². The first-order valence-corrected chi connectivity index (χ1v) is 6.70. The molecule has 4 nitrogen and oxygen atoms in total. The maximum absolute atomic E-state index is 12.6. The third-order valence-corrected chi connectivity index (χ3v) is 3.85. The van der Waals surface area contributed by atoms with E-state index in [1.165, 1.54) is 0 Å². The Labute approximate surface area is 110 Å². The molecule has 0 radical (unpaired) electrons. The largest absolute Gasteiger partial charge is 0.342 e. The van der Waals surface area contributed by atoms with Crippen LogP contribution in [-0.2, 0) is 9.59 Å². The summed E-state index contributed by atoms with van der Waals surface area (Å²) in [5.41, 5.74) is -0.998. The van der Waals surface area contributed by atoms with Crippen molar-refractivity contribution >= 4 is 11.8 Å². The predicted molar refractivity (Wildman–Crippen MR) is 72.1 cm³/mol. The van der Waals surface area contributed by atoms with Crippen molar-refractivity contribution in [3.63, 3.8) is 0 Å². The number of amides is 2. The third-order valence-electron chi connectivity index (χ3n) is 3.85. The van der Waals surface area contributed by atoms with E-state index in [2.05, 4.69) is 5.32 Å². The molecular weight excluding hydrogens is 228 g/mol. The van der Waals surface area contributed by atoms with Crippen LogP contribution in [0.4, 0.5) is 0 Å². The zero-order chi connectivity index (χ0) is 14.3. The molecule has 4 heteroatoms. The van der Waals surface area contributed by atoms with Crippen molar-refractivity contribution in [1.29, 1.82) is 0 Å². The van der Waals surface area contributed by atoms with Crippen LogP contribution in [0, 0.1) is 5.41 Å². The SMILES string of the molecule is CCC1(C)C(=O)NC(C(C)(C)C)C(=O)N1C(C)C. The molecule has 0 saturated carbocycles. The van der Waals surface area contributed by atoms with Gasteiger partial charge in [0.1, 0.15) is 11.6 Å². The fourth-order valence-electron chi connectivity index (χ4n) is 2.58. The lowest BCUT2D eigenvalue weighted by Crippen LogP contribution is -2.72. The molecule has 0 aromatic heterocycles. The number of nitrogens with one attached hydrogen (secondary N) is 1. The van der Waals surface area contributed by atoms with Crippen LogP contribution < -0.4 is 5.32 Å². The van der Waals surface area contributed by atoms with Gasteiger partial charge < -0.3 is 10.2 Å². The lowest BCUT2D eigenvalue weighted by molar-refractivity contribution is -0.162. The van der Waals surface area contributed by atoms with Crippen LogP contribution in [0.2, 0.25) is 0 Å². The second-order valence-electron chi connectivity index (χ2n) is 6.70. The van der Waals surface area contributed by atoms with Crippen molar-refractivity contribution in [3.05, 3.63) is 0 Å². The van der Waals surface area contributed by atoms with Crippen LogP contribution >= 0.6 is 0 Å². The van der Waals surface area contributed by atoms with Crippen LogP contribution in [0.25, 0.3) is 0 Å². The molecule has 0 spiro atoms. The highest BCUT2D eigenvalue weighted by Gasteiger charge is 2.51. The summed E-state index contributed by atoms with van der Waals surface area (Å²) in [6.07, 6.45) is 0.625. The minimum atomic E-state index is -0.729. The van der Waals surface area contributed by atoms with Gasteiger partial charge in [0.05, 0.1) is 0 Å². The quantitative estimate of drug-likeness (QED) is 0.818. The van der Waals surface area contributed by atoms with Gasteiger partial charge in [0.2, 0.25) is 11.8 Å². The van der Waals surface area contributed by atoms with E-state index in [4.69, 9.17) is 0 Å². The molecule has 1 N–H and O–H groups in total. The van der Waals surface area contributed by atoms with Crippen LogP contribution in [0.3, 0.4) is 0 Å². The zero-order valence-corrected chi connectivity index (χ0v) is 12.6. The van der Waals surface area contributed by atoms with Gasteiger partial charge in [0.15, 0.2) is 0 Å². The number of rotatable bonds is 2. The van der Waals surface area contributed by atoms with Crippen molar-refractivity contribution in [1.82, 2.24) is 10.2 Å². The maximum atomic E-state index is 12.6. The molecule has 1 saturated heterocycles. The minimum absolute atomic E-state index is 0.0262. The van der Waals surface area contributed by atoms with Crippen molar-refractivity contribution in [2.24, 2.45) is 5.41 Å². The van der Waals surface area contributed by atoms with E-state index >= 15 is 0 Å². The first-order chi connectivity index (χ1) is 8.05. The van der Waals surface area contributed by atoms with Crippen LogP contribution in [0.5, 0.6) is 0 Å². The van der Waals surface area contributed by atoms with Gasteiger partial charge in [0, 0.05) is 6.04 Å². The molecule has 2 unspecified atom stereocenters. The number of hydrogen-bond acceptors (Lipinski definition) is 2. The fourth-order valence-corrected chi connectivity index (χ4v) is 2.58. The Bertz CT molecular complexity index is 357. The molecule has 0 aromatic rings. The van der Waals surface area contributed by atoms with E-state index in [1.54, 1.807) is 4.90 Å². The predicted octanol–water partition coefficient (Wildman–Crippen LogP) is 1.94. The topological polar surface area (TPSA) is 49.4 Å². The van der Waals surface area contributed by atoms with Gasteiger partial charge in [-0.15, -0.1) is 0 Å². The number of hydrogen-bond donors (Lipinski definition) is 1. The summed E-state index contributed by atoms with van der Waals surface area (Å²) in [6.45, 7) is 13.6. The minimum Gasteiger partial charge on any atom is -0.342 e. The molecule has 1 rings (SSSR count).